The molecule has 0 saturated carbocycles. The van der Waals surface area contributed by atoms with Gasteiger partial charge in [-0.3, -0.25) is 9.59 Å². The molecule has 2 aromatic rings. The van der Waals surface area contributed by atoms with Crippen molar-refractivity contribution in [3.05, 3.63) is 62.5 Å². The van der Waals surface area contributed by atoms with E-state index < -0.39 is 17.8 Å². The third-order valence-corrected chi connectivity index (χ3v) is 6.44. The minimum Gasteiger partial charge on any atom is -0.347 e. The van der Waals surface area contributed by atoms with Crippen molar-refractivity contribution in [1.82, 2.24) is 10.3 Å². The number of thiazole rings is 1. The predicted molar refractivity (Wildman–Crippen MR) is 105 cm³/mol. The summed E-state index contributed by atoms with van der Waals surface area (Å²) in [6.45, 7) is -0.281. The standard InChI is InChI=1S/C19H14F3N3O2S2/c20-19(21,22)16-15(28-9-24-16)8-23-17(26)10-5-6-14-12(7-10)25-18(27)11-3-1-2-4-13(11)29-14/h2,4-7,9H,1,3,8H2,(H,23,26)(H,25,27). The van der Waals surface area contributed by atoms with Gasteiger partial charge in [-0.25, -0.2) is 4.98 Å². The van der Waals surface area contributed by atoms with Crippen LogP contribution in [0.25, 0.3) is 0 Å². The molecule has 0 unspecified atom stereocenters. The van der Waals surface area contributed by atoms with Gasteiger partial charge in [0, 0.05) is 20.9 Å². The maximum absolute atomic E-state index is 12.9. The average Bonchev–Trinajstić information content (AvgIpc) is 3.11. The summed E-state index contributed by atoms with van der Waals surface area (Å²) in [6, 6.07) is 4.85. The lowest BCUT2D eigenvalue weighted by molar-refractivity contribution is -0.141. The highest BCUT2D eigenvalue weighted by molar-refractivity contribution is 8.03. The minimum atomic E-state index is -4.56. The number of hydrogen-bond donors (Lipinski definition) is 2. The van der Waals surface area contributed by atoms with Crippen LogP contribution in [0.4, 0.5) is 18.9 Å². The molecule has 2 N–H and O–H groups in total. The molecule has 10 heteroatoms. The van der Waals surface area contributed by atoms with E-state index in [1.54, 1.807) is 12.1 Å². The Balaban J connectivity index is 1.50. The molecule has 150 valence electrons. The summed E-state index contributed by atoms with van der Waals surface area (Å²) < 4.78 is 38.7. The van der Waals surface area contributed by atoms with Crippen LogP contribution in [0.3, 0.4) is 0 Å². The molecule has 0 atom stereocenters. The molecule has 0 spiro atoms. The van der Waals surface area contributed by atoms with E-state index in [1.165, 1.54) is 17.8 Å². The molecule has 2 amide bonds. The number of alkyl halides is 3. The second-order valence-electron chi connectivity index (χ2n) is 6.36. The number of nitrogens with zero attached hydrogens (tertiary/aromatic N) is 1. The van der Waals surface area contributed by atoms with Crippen molar-refractivity contribution < 1.29 is 22.8 Å². The molecule has 0 saturated heterocycles. The largest absolute Gasteiger partial charge is 0.434 e. The Morgan fingerprint density at radius 2 is 2.14 bits per heavy atom. The van der Waals surface area contributed by atoms with Gasteiger partial charge < -0.3 is 10.6 Å². The van der Waals surface area contributed by atoms with Gasteiger partial charge in [-0.15, -0.1) is 11.3 Å². The average molecular weight is 437 g/mol. The molecule has 1 aromatic heterocycles. The van der Waals surface area contributed by atoms with Crippen LogP contribution in [0.2, 0.25) is 0 Å². The molecule has 2 aliphatic rings. The third-order valence-electron chi connectivity index (χ3n) is 4.43. The van der Waals surface area contributed by atoms with Crippen molar-refractivity contribution in [3.8, 4) is 0 Å². The number of benzene rings is 1. The fourth-order valence-electron chi connectivity index (χ4n) is 3.03. The second kappa shape index (κ2) is 7.68. The summed E-state index contributed by atoms with van der Waals surface area (Å²) in [7, 11) is 0. The first-order valence-electron chi connectivity index (χ1n) is 8.63. The van der Waals surface area contributed by atoms with E-state index in [0.29, 0.717) is 17.7 Å². The smallest absolute Gasteiger partial charge is 0.347 e. The zero-order valence-electron chi connectivity index (χ0n) is 14.8. The number of aromatic nitrogens is 1. The Morgan fingerprint density at radius 1 is 1.31 bits per heavy atom. The van der Waals surface area contributed by atoms with E-state index >= 15 is 0 Å². The predicted octanol–water partition coefficient (Wildman–Crippen LogP) is 4.74. The number of halogens is 3. The van der Waals surface area contributed by atoms with E-state index in [2.05, 4.69) is 15.6 Å². The second-order valence-corrected chi connectivity index (χ2v) is 8.38. The van der Waals surface area contributed by atoms with Crippen molar-refractivity contribution in [2.75, 3.05) is 5.32 Å². The van der Waals surface area contributed by atoms with E-state index in [0.717, 1.165) is 33.1 Å². The number of amides is 2. The highest BCUT2D eigenvalue weighted by Gasteiger charge is 2.36. The molecule has 0 radical (unpaired) electrons. The maximum Gasteiger partial charge on any atom is 0.434 e. The van der Waals surface area contributed by atoms with E-state index in [4.69, 9.17) is 0 Å². The van der Waals surface area contributed by atoms with Crippen LogP contribution in [0, 0.1) is 0 Å². The Labute approximate surface area is 172 Å². The van der Waals surface area contributed by atoms with Crippen LogP contribution < -0.4 is 10.6 Å². The van der Waals surface area contributed by atoms with Crippen LogP contribution in [-0.4, -0.2) is 16.8 Å². The van der Waals surface area contributed by atoms with Crippen molar-refractivity contribution in [2.24, 2.45) is 0 Å². The van der Waals surface area contributed by atoms with Gasteiger partial charge in [-0.1, -0.05) is 23.9 Å². The van der Waals surface area contributed by atoms with Gasteiger partial charge in [0.05, 0.1) is 22.6 Å². The van der Waals surface area contributed by atoms with Gasteiger partial charge in [0.1, 0.15) is 0 Å². The monoisotopic (exact) mass is 437 g/mol. The van der Waals surface area contributed by atoms with Gasteiger partial charge >= 0.3 is 6.18 Å². The van der Waals surface area contributed by atoms with Crippen LogP contribution in [0.1, 0.15) is 33.8 Å². The summed E-state index contributed by atoms with van der Waals surface area (Å²) in [4.78, 5) is 29.9. The van der Waals surface area contributed by atoms with Crippen molar-refractivity contribution in [2.45, 2.75) is 30.5 Å². The number of carbonyl (C=O) groups excluding carboxylic acids is 2. The fraction of sp³-hybridized carbons (Fsp3) is 0.211. The Hall–Kier alpha value is -2.59. The van der Waals surface area contributed by atoms with Gasteiger partial charge in [-0.2, -0.15) is 13.2 Å². The van der Waals surface area contributed by atoms with Crippen molar-refractivity contribution in [3.63, 3.8) is 0 Å². The summed E-state index contributed by atoms with van der Waals surface area (Å²) in [5.41, 5.74) is 1.58. The lowest BCUT2D eigenvalue weighted by Gasteiger charge is -2.11. The Kier molecular flexibility index (Phi) is 5.22. The summed E-state index contributed by atoms with van der Waals surface area (Å²) in [5, 5.41) is 5.32. The number of fused-ring (bicyclic) bond motifs is 1. The number of allylic oxidation sites excluding steroid dienone is 2. The normalized spacial score (nSPS) is 16.0. The van der Waals surface area contributed by atoms with Gasteiger partial charge in [0.15, 0.2) is 5.69 Å². The fourth-order valence-corrected chi connectivity index (χ4v) is 4.82. The van der Waals surface area contributed by atoms with Crippen LogP contribution in [0.5, 0.6) is 0 Å². The number of hydrogen-bond acceptors (Lipinski definition) is 5. The summed E-state index contributed by atoms with van der Waals surface area (Å²) in [5.74, 6) is -0.733. The van der Waals surface area contributed by atoms with E-state index in [9.17, 15) is 22.8 Å². The zero-order valence-corrected chi connectivity index (χ0v) is 16.4. The van der Waals surface area contributed by atoms with E-state index in [-0.39, 0.29) is 22.9 Å². The topological polar surface area (TPSA) is 71.1 Å². The highest BCUT2D eigenvalue weighted by Crippen LogP contribution is 2.41. The number of carbonyl (C=O) groups is 2. The van der Waals surface area contributed by atoms with Crippen molar-refractivity contribution >= 4 is 40.6 Å². The molecule has 0 fully saturated rings. The summed E-state index contributed by atoms with van der Waals surface area (Å²) >= 11 is 2.28. The number of rotatable bonds is 3. The van der Waals surface area contributed by atoms with Gasteiger partial charge in [-0.05, 0) is 31.0 Å². The molecular formula is C19H14F3N3O2S2. The maximum atomic E-state index is 12.9. The quantitative estimate of drug-likeness (QED) is 0.728. The first kappa shape index (κ1) is 19.7. The molecule has 1 aliphatic heterocycles. The van der Waals surface area contributed by atoms with Crippen LogP contribution in [-0.2, 0) is 17.5 Å². The van der Waals surface area contributed by atoms with Crippen molar-refractivity contribution in [1.29, 1.82) is 0 Å². The van der Waals surface area contributed by atoms with Gasteiger partial charge in [0.25, 0.3) is 11.8 Å². The molecule has 1 aromatic carbocycles. The number of nitrogens with one attached hydrogen (secondary N) is 2. The molecular weight excluding hydrogens is 423 g/mol. The number of thioether (sulfide) groups is 1. The zero-order chi connectivity index (χ0) is 20.6. The number of anilines is 1. The first-order valence-corrected chi connectivity index (χ1v) is 10.3. The molecule has 29 heavy (non-hydrogen) atoms. The lowest BCUT2D eigenvalue weighted by atomic mass is 10.0. The van der Waals surface area contributed by atoms with Crippen LogP contribution in [0.15, 0.2) is 51.2 Å². The minimum absolute atomic E-state index is 0.0619. The molecule has 1 aliphatic carbocycles. The molecule has 4 rings (SSSR count). The molecule has 5 nitrogen and oxygen atoms in total. The van der Waals surface area contributed by atoms with Gasteiger partial charge in [0.2, 0.25) is 0 Å². The lowest BCUT2D eigenvalue weighted by Crippen LogP contribution is -2.24. The Morgan fingerprint density at radius 3 is 2.93 bits per heavy atom. The van der Waals surface area contributed by atoms with Crippen LogP contribution >= 0.6 is 23.1 Å². The highest BCUT2D eigenvalue weighted by atomic mass is 32.2. The third kappa shape index (κ3) is 4.08. The SMILES string of the molecule is O=C1Nc2cc(C(=O)NCc3scnc3C(F)(F)F)ccc2SC2=C1CCC=C2. The first-order chi connectivity index (χ1) is 13.8. The van der Waals surface area contributed by atoms with E-state index in [1.807, 2.05) is 12.2 Å². The Bertz CT molecular complexity index is 1060. The summed E-state index contributed by atoms with van der Waals surface area (Å²) in [6.07, 6.45) is 0.829. The molecule has 0 bridgehead atoms. The molecule has 2 heterocycles.